The molecule has 0 spiro atoms. The Morgan fingerprint density at radius 1 is 1.36 bits per heavy atom. The predicted octanol–water partition coefficient (Wildman–Crippen LogP) is 1.44. The first-order valence-electron chi connectivity index (χ1n) is 4.95. The molecule has 1 aromatic rings. The van der Waals surface area contributed by atoms with Crippen LogP contribution < -0.4 is 0 Å². The van der Waals surface area contributed by atoms with Gasteiger partial charge in [0.1, 0.15) is 6.33 Å². The third kappa shape index (κ3) is 1.52. The van der Waals surface area contributed by atoms with Gasteiger partial charge in [0.2, 0.25) is 0 Å². The summed E-state index contributed by atoms with van der Waals surface area (Å²) in [6.45, 7) is 6.09. The van der Waals surface area contributed by atoms with Crippen molar-refractivity contribution in [2.75, 3.05) is 13.1 Å². The second kappa shape index (κ2) is 3.44. The smallest absolute Gasteiger partial charge is 0.323 e. The minimum Gasteiger partial charge on any atom is -0.323 e. The molecular formula is C10H15N3O. The van der Waals surface area contributed by atoms with Crippen LogP contribution in [0.4, 0.5) is 4.79 Å². The Bertz CT molecular complexity index is 310. The van der Waals surface area contributed by atoms with Gasteiger partial charge in [-0.05, 0) is 11.8 Å². The lowest BCUT2D eigenvalue weighted by Gasteiger charge is -2.15. The molecule has 1 fully saturated rings. The molecule has 0 aliphatic carbocycles. The SMILES string of the molecule is CC1CN(C(=O)n2ccnc2)CC1C. The summed E-state index contributed by atoms with van der Waals surface area (Å²) in [5, 5.41) is 0. The third-order valence-electron chi connectivity index (χ3n) is 2.98. The summed E-state index contributed by atoms with van der Waals surface area (Å²) in [7, 11) is 0. The van der Waals surface area contributed by atoms with E-state index in [1.165, 1.54) is 4.57 Å². The first-order chi connectivity index (χ1) is 6.68. The van der Waals surface area contributed by atoms with E-state index in [1.54, 1.807) is 18.7 Å². The molecule has 1 saturated heterocycles. The number of aromatic nitrogens is 2. The first-order valence-corrected chi connectivity index (χ1v) is 4.95. The van der Waals surface area contributed by atoms with E-state index in [0.29, 0.717) is 11.8 Å². The Hall–Kier alpha value is -1.32. The van der Waals surface area contributed by atoms with Crippen LogP contribution in [0.15, 0.2) is 18.7 Å². The average Bonchev–Trinajstić information content (AvgIpc) is 2.76. The quantitative estimate of drug-likeness (QED) is 0.625. The average molecular weight is 193 g/mol. The lowest BCUT2D eigenvalue weighted by molar-refractivity contribution is 0.208. The number of amides is 1. The molecule has 4 heteroatoms. The summed E-state index contributed by atoms with van der Waals surface area (Å²) >= 11 is 0. The number of hydrogen-bond acceptors (Lipinski definition) is 2. The van der Waals surface area contributed by atoms with E-state index in [0.717, 1.165) is 13.1 Å². The number of imidazole rings is 1. The van der Waals surface area contributed by atoms with Crippen LogP contribution in [0.1, 0.15) is 13.8 Å². The Balaban J connectivity index is 2.07. The number of carbonyl (C=O) groups is 1. The van der Waals surface area contributed by atoms with Crippen molar-refractivity contribution in [1.82, 2.24) is 14.5 Å². The number of nitrogens with zero attached hydrogens (tertiary/aromatic N) is 3. The van der Waals surface area contributed by atoms with E-state index in [2.05, 4.69) is 18.8 Å². The molecule has 1 aromatic heterocycles. The normalized spacial score (nSPS) is 26.9. The highest BCUT2D eigenvalue weighted by atomic mass is 16.2. The van der Waals surface area contributed by atoms with Crippen molar-refractivity contribution >= 4 is 6.03 Å². The Kier molecular flexibility index (Phi) is 2.27. The molecule has 0 aromatic carbocycles. The largest absolute Gasteiger partial charge is 0.329 e. The van der Waals surface area contributed by atoms with Gasteiger partial charge in [0.05, 0.1) is 0 Å². The van der Waals surface area contributed by atoms with Crippen LogP contribution in [0.25, 0.3) is 0 Å². The predicted molar refractivity (Wildman–Crippen MR) is 52.9 cm³/mol. The highest BCUT2D eigenvalue weighted by Crippen LogP contribution is 2.22. The van der Waals surface area contributed by atoms with Gasteiger partial charge in [-0.1, -0.05) is 13.8 Å². The maximum atomic E-state index is 11.8. The van der Waals surface area contributed by atoms with Crippen molar-refractivity contribution in [3.63, 3.8) is 0 Å². The van der Waals surface area contributed by atoms with Gasteiger partial charge in [-0.3, -0.25) is 4.57 Å². The molecule has 1 aliphatic heterocycles. The highest BCUT2D eigenvalue weighted by Gasteiger charge is 2.29. The maximum Gasteiger partial charge on any atom is 0.329 e. The van der Waals surface area contributed by atoms with Gasteiger partial charge in [-0.25, -0.2) is 9.78 Å². The zero-order valence-corrected chi connectivity index (χ0v) is 8.55. The van der Waals surface area contributed by atoms with Crippen molar-refractivity contribution in [3.8, 4) is 0 Å². The van der Waals surface area contributed by atoms with Crippen LogP contribution in [0.5, 0.6) is 0 Å². The molecule has 2 rings (SSSR count). The fraction of sp³-hybridized carbons (Fsp3) is 0.600. The second-order valence-electron chi connectivity index (χ2n) is 4.11. The van der Waals surface area contributed by atoms with Gasteiger partial charge in [0.15, 0.2) is 0 Å². The standard InChI is InChI=1S/C10H15N3O/c1-8-5-13(6-9(8)2)10(14)12-4-3-11-7-12/h3-4,7-9H,5-6H2,1-2H3. The third-order valence-corrected chi connectivity index (χ3v) is 2.98. The molecular weight excluding hydrogens is 178 g/mol. The van der Waals surface area contributed by atoms with Crippen LogP contribution in [0.3, 0.4) is 0 Å². The summed E-state index contributed by atoms with van der Waals surface area (Å²) in [5.41, 5.74) is 0. The van der Waals surface area contributed by atoms with Crippen molar-refractivity contribution in [2.24, 2.45) is 11.8 Å². The molecule has 0 radical (unpaired) electrons. The first kappa shape index (κ1) is 9.24. The minimum atomic E-state index is 0.0405. The zero-order chi connectivity index (χ0) is 10.1. The molecule has 1 amide bonds. The van der Waals surface area contributed by atoms with Gasteiger partial charge in [0.25, 0.3) is 0 Å². The summed E-state index contributed by atoms with van der Waals surface area (Å²) in [4.78, 5) is 17.6. The van der Waals surface area contributed by atoms with Crippen molar-refractivity contribution in [3.05, 3.63) is 18.7 Å². The van der Waals surface area contributed by atoms with Crippen molar-refractivity contribution < 1.29 is 4.79 Å². The molecule has 14 heavy (non-hydrogen) atoms. The van der Waals surface area contributed by atoms with E-state index in [1.807, 2.05) is 4.90 Å². The molecule has 1 aliphatic rings. The molecule has 2 unspecified atom stereocenters. The fourth-order valence-electron chi connectivity index (χ4n) is 1.82. The summed E-state index contributed by atoms with van der Waals surface area (Å²) in [6, 6.07) is 0.0405. The molecule has 76 valence electrons. The molecule has 2 atom stereocenters. The van der Waals surface area contributed by atoms with E-state index >= 15 is 0 Å². The topological polar surface area (TPSA) is 38.1 Å². The Morgan fingerprint density at radius 3 is 2.50 bits per heavy atom. The summed E-state index contributed by atoms with van der Waals surface area (Å²) in [6.07, 6.45) is 4.87. The van der Waals surface area contributed by atoms with Gasteiger partial charge in [-0.2, -0.15) is 0 Å². The fourth-order valence-corrected chi connectivity index (χ4v) is 1.82. The summed E-state index contributed by atoms with van der Waals surface area (Å²) in [5.74, 6) is 1.20. The van der Waals surface area contributed by atoms with Crippen molar-refractivity contribution in [2.45, 2.75) is 13.8 Å². The molecule has 0 N–H and O–H groups in total. The van der Waals surface area contributed by atoms with E-state index < -0.39 is 0 Å². The van der Waals surface area contributed by atoms with Crippen LogP contribution >= 0.6 is 0 Å². The number of carbonyl (C=O) groups excluding carboxylic acids is 1. The second-order valence-corrected chi connectivity index (χ2v) is 4.11. The Labute approximate surface area is 83.5 Å². The van der Waals surface area contributed by atoms with Crippen molar-refractivity contribution in [1.29, 1.82) is 0 Å². The summed E-state index contributed by atoms with van der Waals surface area (Å²) < 4.78 is 1.53. The lowest BCUT2D eigenvalue weighted by atomic mass is 10.0. The van der Waals surface area contributed by atoms with Crippen LogP contribution in [0, 0.1) is 11.8 Å². The monoisotopic (exact) mass is 193 g/mol. The maximum absolute atomic E-state index is 11.8. The number of rotatable bonds is 0. The minimum absolute atomic E-state index is 0.0405. The van der Waals surface area contributed by atoms with E-state index in [9.17, 15) is 4.79 Å². The molecule has 0 bridgehead atoms. The van der Waals surface area contributed by atoms with Crippen LogP contribution in [-0.2, 0) is 0 Å². The van der Waals surface area contributed by atoms with E-state index in [4.69, 9.17) is 0 Å². The zero-order valence-electron chi connectivity index (χ0n) is 8.55. The van der Waals surface area contributed by atoms with Gasteiger partial charge >= 0.3 is 6.03 Å². The van der Waals surface area contributed by atoms with Gasteiger partial charge in [-0.15, -0.1) is 0 Å². The van der Waals surface area contributed by atoms with Gasteiger partial charge < -0.3 is 4.90 Å². The number of likely N-dealkylation sites (tertiary alicyclic amines) is 1. The highest BCUT2D eigenvalue weighted by molar-refractivity contribution is 5.76. The number of hydrogen-bond donors (Lipinski definition) is 0. The van der Waals surface area contributed by atoms with Crippen LogP contribution in [0.2, 0.25) is 0 Å². The molecule has 4 nitrogen and oxygen atoms in total. The molecule has 0 saturated carbocycles. The van der Waals surface area contributed by atoms with Gasteiger partial charge in [0, 0.05) is 25.5 Å². The lowest BCUT2D eigenvalue weighted by Crippen LogP contribution is -2.32. The van der Waals surface area contributed by atoms with E-state index in [-0.39, 0.29) is 6.03 Å². The van der Waals surface area contributed by atoms with Crippen LogP contribution in [-0.4, -0.2) is 33.6 Å². The molecule has 2 heterocycles. The Morgan fingerprint density at radius 2 is 2.00 bits per heavy atom.